The van der Waals surface area contributed by atoms with Gasteiger partial charge in [0, 0.05) is 30.4 Å². The Balaban J connectivity index is 1.59. The van der Waals surface area contributed by atoms with E-state index in [2.05, 4.69) is 50.2 Å². The standard InChI is InChI=1S/C20H24N2O3S/c1-13-4-6-14(7-5-13)15-10-22(11-16(15)21(2)3)20(23)19-18-17(12-26-19)24-8-9-25-18/h4-7,12,15-16H,8-11H2,1-3H3/t15-,16+/m0/s1. The molecule has 3 heterocycles. The third kappa shape index (κ3) is 3.08. The summed E-state index contributed by atoms with van der Waals surface area (Å²) >= 11 is 1.41. The molecule has 2 atom stereocenters. The summed E-state index contributed by atoms with van der Waals surface area (Å²) < 4.78 is 11.3. The molecule has 0 aliphatic carbocycles. The van der Waals surface area contributed by atoms with E-state index in [0.717, 1.165) is 13.1 Å². The van der Waals surface area contributed by atoms with Gasteiger partial charge in [-0.15, -0.1) is 11.3 Å². The van der Waals surface area contributed by atoms with E-state index in [4.69, 9.17) is 9.47 Å². The molecule has 0 saturated carbocycles. The minimum atomic E-state index is 0.0446. The highest BCUT2D eigenvalue weighted by Crippen LogP contribution is 2.41. The van der Waals surface area contributed by atoms with Crippen LogP contribution in [-0.2, 0) is 0 Å². The molecule has 0 spiro atoms. The molecule has 1 aromatic carbocycles. The van der Waals surface area contributed by atoms with Crippen molar-refractivity contribution in [2.75, 3.05) is 40.4 Å². The fourth-order valence-electron chi connectivity index (χ4n) is 3.77. The van der Waals surface area contributed by atoms with E-state index in [-0.39, 0.29) is 5.91 Å². The lowest BCUT2D eigenvalue weighted by atomic mass is 9.93. The fraction of sp³-hybridized carbons (Fsp3) is 0.450. The first-order valence-electron chi connectivity index (χ1n) is 8.94. The molecule has 0 bridgehead atoms. The van der Waals surface area contributed by atoms with Gasteiger partial charge >= 0.3 is 0 Å². The van der Waals surface area contributed by atoms with Crippen molar-refractivity contribution in [3.05, 3.63) is 45.6 Å². The molecule has 138 valence electrons. The molecule has 2 aromatic rings. The number of carbonyl (C=O) groups is 1. The Morgan fingerprint density at radius 1 is 1.15 bits per heavy atom. The summed E-state index contributed by atoms with van der Waals surface area (Å²) in [4.78, 5) is 18.0. The highest BCUT2D eigenvalue weighted by atomic mass is 32.1. The lowest BCUT2D eigenvalue weighted by molar-refractivity contribution is 0.0778. The number of thiophene rings is 1. The Morgan fingerprint density at radius 2 is 1.88 bits per heavy atom. The Morgan fingerprint density at radius 3 is 2.62 bits per heavy atom. The molecule has 0 unspecified atom stereocenters. The van der Waals surface area contributed by atoms with Crippen molar-refractivity contribution in [3.63, 3.8) is 0 Å². The first kappa shape index (κ1) is 17.4. The molecule has 1 amide bonds. The second-order valence-electron chi connectivity index (χ2n) is 7.21. The van der Waals surface area contributed by atoms with Crippen LogP contribution in [0, 0.1) is 6.92 Å². The van der Waals surface area contributed by atoms with E-state index < -0.39 is 0 Å². The summed E-state index contributed by atoms with van der Waals surface area (Å²) in [6.07, 6.45) is 0. The van der Waals surface area contributed by atoms with Gasteiger partial charge in [-0.2, -0.15) is 0 Å². The van der Waals surface area contributed by atoms with Crippen LogP contribution in [0.5, 0.6) is 11.5 Å². The van der Waals surface area contributed by atoms with Crippen molar-refractivity contribution in [3.8, 4) is 11.5 Å². The first-order chi connectivity index (χ1) is 12.5. The van der Waals surface area contributed by atoms with Crippen molar-refractivity contribution >= 4 is 17.2 Å². The van der Waals surface area contributed by atoms with Crippen LogP contribution in [0.1, 0.15) is 26.7 Å². The van der Waals surface area contributed by atoms with Gasteiger partial charge in [0.2, 0.25) is 0 Å². The number of hydrogen-bond donors (Lipinski definition) is 0. The van der Waals surface area contributed by atoms with Crippen LogP contribution in [-0.4, -0.2) is 62.1 Å². The average Bonchev–Trinajstić information content (AvgIpc) is 3.26. The smallest absolute Gasteiger partial charge is 0.267 e. The number of ether oxygens (including phenoxy) is 2. The Bertz CT molecular complexity index is 800. The molecule has 0 N–H and O–H groups in total. The monoisotopic (exact) mass is 372 g/mol. The van der Waals surface area contributed by atoms with E-state index >= 15 is 0 Å². The van der Waals surface area contributed by atoms with Crippen molar-refractivity contribution in [2.24, 2.45) is 0 Å². The van der Waals surface area contributed by atoms with E-state index in [9.17, 15) is 4.79 Å². The van der Waals surface area contributed by atoms with Crippen LogP contribution >= 0.6 is 11.3 Å². The molecule has 1 aromatic heterocycles. The van der Waals surface area contributed by atoms with Crippen LogP contribution in [0.4, 0.5) is 0 Å². The van der Waals surface area contributed by atoms with Gasteiger partial charge < -0.3 is 19.3 Å². The van der Waals surface area contributed by atoms with E-state index in [1.165, 1.54) is 22.5 Å². The van der Waals surface area contributed by atoms with Crippen molar-refractivity contribution in [1.82, 2.24) is 9.80 Å². The summed E-state index contributed by atoms with van der Waals surface area (Å²) in [6, 6.07) is 8.97. The molecular formula is C20H24N2O3S. The van der Waals surface area contributed by atoms with E-state index in [1.54, 1.807) is 0 Å². The van der Waals surface area contributed by atoms with Crippen molar-refractivity contribution in [1.29, 1.82) is 0 Å². The second kappa shape index (κ2) is 6.93. The number of likely N-dealkylation sites (N-methyl/N-ethyl adjacent to an activating group) is 1. The maximum Gasteiger partial charge on any atom is 0.267 e. The molecule has 5 nitrogen and oxygen atoms in total. The van der Waals surface area contributed by atoms with Crippen LogP contribution in [0.25, 0.3) is 0 Å². The van der Waals surface area contributed by atoms with Gasteiger partial charge in [0.05, 0.1) is 0 Å². The molecule has 1 saturated heterocycles. The van der Waals surface area contributed by atoms with Gasteiger partial charge in [0.1, 0.15) is 18.1 Å². The number of carbonyl (C=O) groups excluding carboxylic acids is 1. The molecular weight excluding hydrogens is 348 g/mol. The Labute approximate surface area is 158 Å². The second-order valence-corrected chi connectivity index (χ2v) is 8.09. The molecule has 1 fully saturated rings. The largest absolute Gasteiger partial charge is 0.485 e. The van der Waals surface area contributed by atoms with Crippen LogP contribution < -0.4 is 9.47 Å². The van der Waals surface area contributed by atoms with E-state index in [1.807, 2.05) is 10.3 Å². The van der Waals surface area contributed by atoms with Gasteiger partial charge in [-0.25, -0.2) is 0 Å². The van der Waals surface area contributed by atoms with Gasteiger partial charge in [-0.1, -0.05) is 29.8 Å². The molecule has 26 heavy (non-hydrogen) atoms. The van der Waals surface area contributed by atoms with Crippen LogP contribution in [0.3, 0.4) is 0 Å². The van der Waals surface area contributed by atoms with Crippen molar-refractivity contribution < 1.29 is 14.3 Å². The van der Waals surface area contributed by atoms with Gasteiger partial charge in [-0.3, -0.25) is 4.79 Å². The highest BCUT2D eigenvalue weighted by Gasteiger charge is 2.39. The minimum Gasteiger partial charge on any atom is -0.485 e. The zero-order valence-electron chi connectivity index (χ0n) is 15.4. The quantitative estimate of drug-likeness (QED) is 0.831. The number of likely N-dealkylation sites (tertiary alicyclic amines) is 1. The zero-order chi connectivity index (χ0) is 18.3. The Hall–Kier alpha value is -2.05. The summed E-state index contributed by atoms with van der Waals surface area (Å²) in [7, 11) is 4.17. The third-order valence-electron chi connectivity index (χ3n) is 5.24. The fourth-order valence-corrected chi connectivity index (χ4v) is 4.67. The van der Waals surface area contributed by atoms with Crippen LogP contribution in [0.2, 0.25) is 0 Å². The predicted octanol–water partition coefficient (Wildman–Crippen LogP) is 3.00. The van der Waals surface area contributed by atoms with Gasteiger partial charge in [0.15, 0.2) is 11.5 Å². The summed E-state index contributed by atoms with van der Waals surface area (Å²) in [5, 5.41) is 1.87. The molecule has 6 heteroatoms. The molecule has 2 aliphatic rings. The number of hydrogen-bond acceptors (Lipinski definition) is 5. The minimum absolute atomic E-state index is 0.0446. The predicted molar refractivity (Wildman–Crippen MR) is 103 cm³/mol. The number of nitrogens with zero attached hydrogens (tertiary/aromatic N) is 2. The lowest BCUT2D eigenvalue weighted by Crippen LogP contribution is -2.35. The number of aryl methyl sites for hydroxylation is 1. The average molecular weight is 372 g/mol. The van der Waals surface area contributed by atoms with Crippen LogP contribution in [0.15, 0.2) is 29.6 Å². The number of benzene rings is 1. The molecule has 0 radical (unpaired) electrons. The maximum absolute atomic E-state index is 13.2. The summed E-state index contributed by atoms with van der Waals surface area (Å²) in [5.74, 6) is 1.67. The normalized spacial score (nSPS) is 22.1. The maximum atomic E-state index is 13.2. The number of amides is 1. The van der Waals surface area contributed by atoms with E-state index in [0.29, 0.717) is 41.5 Å². The van der Waals surface area contributed by atoms with Crippen molar-refractivity contribution in [2.45, 2.75) is 18.9 Å². The van der Waals surface area contributed by atoms with Gasteiger partial charge in [0.25, 0.3) is 5.91 Å². The lowest BCUT2D eigenvalue weighted by Gasteiger charge is -2.25. The first-order valence-corrected chi connectivity index (χ1v) is 9.82. The molecule has 4 rings (SSSR count). The third-order valence-corrected chi connectivity index (χ3v) is 6.17. The number of rotatable bonds is 3. The Kier molecular flexibility index (Phi) is 4.63. The van der Waals surface area contributed by atoms with Gasteiger partial charge in [-0.05, 0) is 26.6 Å². The summed E-state index contributed by atoms with van der Waals surface area (Å²) in [6.45, 7) is 4.57. The topological polar surface area (TPSA) is 42.0 Å². The SMILES string of the molecule is Cc1ccc([C@@H]2CN(C(=O)c3scc4c3OCCO4)C[C@H]2N(C)C)cc1. The zero-order valence-corrected chi connectivity index (χ0v) is 16.2. The summed E-state index contributed by atoms with van der Waals surface area (Å²) in [5.41, 5.74) is 2.54. The highest BCUT2D eigenvalue weighted by molar-refractivity contribution is 7.12. The molecule has 2 aliphatic heterocycles. The number of fused-ring (bicyclic) bond motifs is 1.